The molecule has 1 aliphatic heterocycles. The lowest BCUT2D eigenvalue weighted by molar-refractivity contribution is -0.144. The van der Waals surface area contributed by atoms with Crippen LogP contribution in [0.3, 0.4) is 0 Å². The van der Waals surface area contributed by atoms with E-state index in [-0.39, 0.29) is 36.7 Å². The minimum Gasteiger partial charge on any atom is -0.391 e. The molecule has 0 radical (unpaired) electrons. The minimum atomic E-state index is -0.812. The average Bonchev–Trinajstić information content (AvgIpc) is 3.53. The van der Waals surface area contributed by atoms with E-state index in [1.165, 1.54) is 4.90 Å². The summed E-state index contributed by atoms with van der Waals surface area (Å²) in [6, 6.07) is 6.10. The number of likely N-dealkylation sites (tertiary alicyclic amines) is 1. The first-order chi connectivity index (χ1) is 19.4. The maximum atomic E-state index is 13.8. The van der Waals surface area contributed by atoms with Gasteiger partial charge in [0.25, 0.3) is 0 Å². The van der Waals surface area contributed by atoms with Gasteiger partial charge in [0.15, 0.2) is 0 Å². The molecule has 1 aromatic carbocycles. The molecule has 41 heavy (non-hydrogen) atoms. The molecule has 0 bridgehead atoms. The van der Waals surface area contributed by atoms with Gasteiger partial charge in [-0.25, -0.2) is 4.98 Å². The van der Waals surface area contributed by atoms with Crippen molar-refractivity contribution in [1.82, 2.24) is 25.8 Å². The first-order valence-electron chi connectivity index (χ1n) is 14.7. The first-order valence-corrected chi connectivity index (χ1v) is 15.5. The lowest BCUT2D eigenvalue weighted by atomic mass is 9.85. The molecule has 4 atom stereocenters. The molecule has 4 unspecified atom stereocenters. The second-order valence-electron chi connectivity index (χ2n) is 12.1. The van der Waals surface area contributed by atoms with Gasteiger partial charge in [0.1, 0.15) is 12.1 Å². The minimum absolute atomic E-state index is 0.0577. The van der Waals surface area contributed by atoms with Crippen molar-refractivity contribution in [2.45, 2.75) is 97.4 Å². The third-order valence-electron chi connectivity index (χ3n) is 7.64. The summed E-state index contributed by atoms with van der Waals surface area (Å²) in [6.07, 6.45) is 3.54. The van der Waals surface area contributed by atoms with Crippen LogP contribution in [0.5, 0.6) is 0 Å². The van der Waals surface area contributed by atoms with E-state index in [0.29, 0.717) is 6.42 Å². The number of benzene rings is 1. The van der Waals surface area contributed by atoms with E-state index in [2.05, 4.69) is 20.9 Å². The van der Waals surface area contributed by atoms with Gasteiger partial charge in [0.05, 0.1) is 28.2 Å². The molecule has 1 fully saturated rings. The number of rotatable bonds is 13. The molecule has 2 heterocycles. The van der Waals surface area contributed by atoms with Crippen molar-refractivity contribution in [2.24, 2.45) is 5.41 Å². The highest BCUT2D eigenvalue weighted by molar-refractivity contribution is 7.13. The van der Waals surface area contributed by atoms with Crippen molar-refractivity contribution in [1.29, 1.82) is 0 Å². The Balaban J connectivity index is 1.63. The summed E-state index contributed by atoms with van der Waals surface area (Å²) in [5.74, 6) is -0.822. The normalized spacial score (nSPS) is 18.7. The number of carbonyl (C=O) groups is 3. The Morgan fingerprint density at radius 2 is 1.78 bits per heavy atom. The van der Waals surface area contributed by atoms with E-state index >= 15 is 0 Å². The molecule has 226 valence electrons. The third kappa shape index (κ3) is 9.08. The van der Waals surface area contributed by atoms with Gasteiger partial charge < -0.3 is 26.0 Å². The fourth-order valence-electron chi connectivity index (χ4n) is 5.19. The Morgan fingerprint density at radius 1 is 1.10 bits per heavy atom. The number of hydrogen-bond acceptors (Lipinski definition) is 7. The van der Waals surface area contributed by atoms with E-state index < -0.39 is 23.6 Å². The number of aryl methyl sites for hydroxylation is 1. The van der Waals surface area contributed by atoms with E-state index in [1.807, 2.05) is 71.4 Å². The van der Waals surface area contributed by atoms with Gasteiger partial charge in [0, 0.05) is 19.4 Å². The molecule has 2 aromatic rings. The van der Waals surface area contributed by atoms with Crippen molar-refractivity contribution >= 4 is 29.1 Å². The lowest BCUT2D eigenvalue weighted by Crippen LogP contribution is -2.57. The zero-order valence-electron chi connectivity index (χ0n) is 25.3. The monoisotopic (exact) mass is 585 g/mol. The summed E-state index contributed by atoms with van der Waals surface area (Å²) in [5.41, 5.74) is 4.25. The molecule has 0 spiro atoms. The van der Waals surface area contributed by atoms with E-state index in [0.717, 1.165) is 53.9 Å². The van der Waals surface area contributed by atoms with Crippen molar-refractivity contribution in [2.75, 3.05) is 20.1 Å². The van der Waals surface area contributed by atoms with Gasteiger partial charge in [-0.2, -0.15) is 0 Å². The average molecular weight is 586 g/mol. The van der Waals surface area contributed by atoms with Gasteiger partial charge in [0.2, 0.25) is 17.7 Å². The Kier molecular flexibility index (Phi) is 11.9. The molecule has 0 aliphatic carbocycles. The van der Waals surface area contributed by atoms with Gasteiger partial charge in [-0.15, -0.1) is 11.3 Å². The quantitative estimate of drug-likeness (QED) is 0.264. The molecule has 1 aromatic heterocycles. The second kappa shape index (κ2) is 14.9. The number of β-amino-alcohol motifs (C(OH)–C–C–N with tert-alkyl or cyclic N) is 1. The Bertz CT molecular complexity index is 1160. The predicted octanol–water partition coefficient (Wildman–Crippen LogP) is 3.96. The zero-order valence-corrected chi connectivity index (χ0v) is 26.1. The highest BCUT2D eigenvalue weighted by Gasteiger charge is 2.44. The van der Waals surface area contributed by atoms with Crippen LogP contribution in [0.15, 0.2) is 29.8 Å². The number of unbranched alkanes of at least 4 members (excludes halogenated alkanes) is 3. The zero-order chi connectivity index (χ0) is 30.2. The van der Waals surface area contributed by atoms with E-state index in [1.54, 1.807) is 11.3 Å². The summed E-state index contributed by atoms with van der Waals surface area (Å²) < 4.78 is 0. The Hall–Kier alpha value is -2.82. The predicted molar refractivity (Wildman–Crippen MR) is 163 cm³/mol. The molecule has 3 amide bonds. The fourth-order valence-corrected chi connectivity index (χ4v) is 6.00. The topological polar surface area (TPSA) is 124 Å². The van der Waals surface area contributed by atoms with Gasteiger partial charge in [-0.1, -0.05) is 57.9 Å². The number of hydrogen-bond donors (Lipinski definition) is 4. The van der Waals surface area contributed by atoms with Crippen molar-refractivity contribution in [3.63, 3.8) is 0 Å². The molecule has 0 saturated carbocycles. The fraction of sp³-hybridized carbons (Fsp3) is 0.613. The van der Waals surface area contributed by atoms with Crippen molar-refractivity contribution < 1.29 is 19.5 Å². The number of amides is 3. The van der Waals surface area contributed by atoms with Crippen LogP contribution >= 0.6 is 11.3 Å². The van der Waals surface area contributed by atoms with Crippen LogP contribution in [0, 0.1) is 12.3 Å². The van der Waals surface area contributed by atoms with Crippen LogP contribution in [-0.2, 0) is 14.4 Å². The summed E-state index contributed by atoms with van der Waals surface area (Å²) in [6.45, 7) is 10.6. The number of aliphatic hydroxyl groups is 1. The molecule has 1 saturated heterocycles. The van der Waals surface area contributed by atoms with Crippen LogP contribution in [0.25, 0.3) is 10.4 Å². The smallest absolute Gasteiger partial charge is 0.246 e. The molecule has 1 aliphatic rings. The molecular formula is C31H47N5O4S. The van der Waals surface area contributed by atoms with Crippen LogP contribution in [0.2, 0.25) is 0 Å². The number of carbonyl (C=O) groups excluding carboxylic acids is 3. The standard InChI is InChI=1S/C31H47N5O4S/c1-20(22-12-14-23(15-13-22)27-21(2)33-19-41-27)34-29(39)25-17-24(37)18-36(25)30(40)28(31(3,4)5)35-26(38)11-9-7-8-10-16-32-6/h12-15,19-20,24-25,28,32,37H,7-11,16-18H2,1-6H3,(H,34,39)(H,35,38). The second-order valence-corrected chi connectivity index (χ2v) is 13.0. The summed E-state index contributed by atoms with van der Waals surface area (Å²) in [4.78, 5) is 46.9. The lowest BCUT2D eigenvalue weighted by Gasteiger charge is -2.35. The van der Waals surface area contributed by atoms with Gasteiger partial charge in [-0.3, -0.25) is 14.4 Å². The maximum absolute atomic E-state index is 13.8. The Labute approximate surface area is 248 Å². The van der Waals surface area contributed by atoms with Crippen molar-refractivity contribution in [3.8, 4) is 10.4 Å². The van der Waals surface area contributed by atoms with E-state index in [9.17, 15) is 19.5 Å². The van der Waals surface area contributed by atoms with E-state index in [4.69, 9.17) is 0 Å². The molecule has 10 heteroatoms. The van der Waals surface area contributed by atoms with Gasteiger partial charge >= 0.3 is 0 Å². The summed E-state index contributed by atoms with van der Waals surface area (Å²) in [5, 5.41) is 19.6. The number of aromatic nitrogens is 1. The third-order valence-corrected chi connectivity index (χ3v) is 8.62. The summed E-state index contributed by atoms with van der Waals surface area (Å²) in [7, 11) is 1.93. The van der Waals surface area contributed by atoms with Crippen molar-refractivity contribution in [3.05, 3.63) is 41.0 Å². The SMILES string of the molecule is CNCCCCCCC(=O)NC(C(=O)N1CC(O)CC1C(=O)NC(C)c1ccc(-c2scnc2C)cc1)C(C)(C)C. The van der Waals surface area contributed by atoms with Crippen LogP contribution in [0.1, 0.15) is 83.5 Å². The maximum Gasteiger partial charge on any atom is 0.246 e. The van der Waals surface area contributed by atoms with Crippen LogP contribution < -0.4 is 16.0 Å². The van der Waals surface area contributed by atoms with Crippen LogP contribution in [-0.4, -0.2) is 71.0 Å². The largest absolute Gasteiger partial charge is 0.391 e. The summed E-state index contributed by atoms with van der Waals surface area (Å²) >= 11 is 1.59. The number of thiazole rings is 1. The molecule has 3 rings (SSSR count). The molecule has 9 nitrogen and oxygen atoms in total. The number of nitrogens with one attached hydrogen (secondary N) is 3. The number of aliphatic hydroxyl groups excluding tert-OH is 1. The van der Waals surface area contributed by atoms with Gasteiger partial charge in [-0.05, 0) is 56.8 Å². The first kappa shape index (κ1) is 32.7. The molecule has 4 N–H and O–H groups in total. The molecular weight excluding hydrogens is 538 g/mol. The Morgan fingerprint density at radius 3 is 2.39 bits per heavy atom. The highest BCUT2D eigenvalue weighted by Crippen LogP contribution is 2.29. The highest BCUT2D eigenvalue weighted by atomic mass is 32.1. The number of nitrogens with zero attached hydrogens (tertiary/aromatic N) is 2. The van der Waals surface area contributed by atoms with Crippen LogP contribution in [0.4, 0.5) is 0 Å².